The maximum Gasteiger partial charge on any atom is 0.220 e. The van der Waals surface area contributed by atoms with Crippen LogP contribution in [0.5, 0.6) is 0 Å². The number of amides is 1. The van der Waals surface area contributed by atoms with Gasteiger partial charge in [-0.05, 0) is 31.7 Å². The molecule has 0 radical (unpaired) electrons. The minimum Gasteiger partial charge on any atom is -0.353 e. The van der Waals surface area contributed by atoms with Crippen LogP contribution in [-0.2, 0) is 4.79 Å². The lowest BCUT2D eigenvalue weighted by molar-refractivity contribution is -0.122. The summed E-state index contributed by atoms with van der Waals surface area (Å²) in [7, 11) is 0. The van der Waals surface area contributed by atoms with Crippen molar-refractivity contribution in [3.63, 3.8) is 0 Å². The molecular formula is C11H22N2O. The van der Waals surface area contributed by atoms with Crippen LogP contribution in [0.4, 0.5) is 0 Å². The second-order valence-electron chi connectivity index (χ2n) is 4.20. The SMILES string of the molecule is CCCCC(=O)NC1CCCC1CN. The Morgan fingerprint density at radius 1 is 1.50 bits per heavy atom. The summed E-state index contributed by atoms with van der Waals surface area (Å²) in [6, 6.07) is 0.351. The monoisotopic (exact) mass is 198 g/mol. The van der Waals surface area contributed by atoms with Crippen molar-refractivity contribution in [2.24, 2.45) is 11.7 Å². The lowest BCUT2D eigenvalue weighted by Gasteiger charge is -2.19. The van der Waals surface area contributed by atoms with Crippen molar-refractivity contribution in [3.8, 4) is 0 Å². The van der Waals surface area contributed by atoms with E-state index in [1.165, 1.54) is 12.8 Å². The van der Waals surface area contributed by atoms with Gasteiger partial charge in [0.1, 0.15) is 0 Å². The standard InChI is InChI=1S/C11H22N2O/c1-2-3-7-11(14)13-10-6-4-5-9(10)8-12/h9-10H,2-8,12H2,1H3,(H,13,14). The normalized spacial score (nSPS) is 26.4. The highest BCUT2D eigenvalue weighted by Gasteiger charge is 2.26. The van der Waals surface area contributed by atoms with Crippen LogP contribution in [0.2, 0.25) is 0 Å². The molecule has 82 valence electrons. The molecule has 2 unspecified atom stereocenters. The van der Waals surface area contributed by atoms with E-state index in [2.05, 4.69) is 12.2 Å². The van der Waals surface area contributed by atoms with Gasteiger partial charge in [-0.15, -0.1) is 0 Å². The van der Waals surface area contributed by atoms with E-state index in [9.17, 15) is 4.79 Å². The molecule has 0 aromatic carbocycles. The van der Waals surface area contributed by atoms with Crippen molar-refractivity contribution in [2.75, 3.05) is 6.54 Å². The van der Waals surface area contributed by atoms with E-state index >= 15 is 0 Å². The van der Waals surface area contributed by atoms with Crippen LogP contribution in [0.15, 0.2) is 0 Å². The van der Waals surface area contributed by atoms with Gasteiger partial charge in [0.2, 0.25) is 5.91 Å². The molecule has 0 aliphatic heterocycles. The molecule has 1 rings (SSSR count). The summed E-state index contributed by atoms with van der Waals surface area (Å²) in [5.41, 5.74) is 5.65. The number of hydrogen-bond donors (Lipinski definition) is 2. The molecule has 1 saturated carbocycles. The largest absolute Gasteiger partial charge is 0.353 e. The van der Waals surface area contributed by atoms with Crippen LogP contribution in [0.3, 0.4) is 0 Å². The first kappa shape index (κ1) is 11.5. The Labute approximate surface area is 86.4 Å². The number of carbonyl (C=O) groups is 1. The molecule has 0 spiro atoms. The number of nitrogens with one attached hydrogen (secondary N) is 1. The topological polar surface area (TPSA) is 55.1 Å². The Hall–Kier alpha value is -0.570. The Bertz CT molecular complexity index is 182. The van der Waals surface area contributed by atoms with Gasteiger partial charge < -0.3 is 11.1 Å². The zero-order valence-electron chi connectivity index (χ0n) is 9.09. The van der Waals surface area contributed by atoms with Crippen molar-refractivity contribution in [1.82, 2.24) is 5.32 Å². The fourth-order valence-electron chi connectivity index (χ4n) is 2.13. The van der Waals surface area contributed by atoms with Gasteiger partial charge in [-0.25, -0.2) is 0 Å². The highest BCUT2D eigenvalue weighted by Crippen LogP contribution is 2.24. The summed E-state index contributed by atoms with van der Waals surface area (Å²) < 4.78 is 0. The zero-order valence-corrected chi connectivity index (χ0v) is 9.09. The fraction of sp³-hybridized carbons (Fsp3) is 0.909. The Balaban J connectivity index is 2.25. The van der Waals surface area contributed by atoms with Crippen LogP contribution in [0, 0.1) is 5.92 Å². The van der Waals surface area contributed by atoms with E-state index in [1.807, 2.05) is 0 Å². The van der Waals surface area contributed by atoms with Crippen LogP contribution in [0.25, 0.3) is 0 Å². The number of rotatable bonds is 5. The van der Waals surface area contributed by atoms with Crippen molar-refractivity contribution in [1.29, 1.82) is 0 Å². The van der Waals surface area contributed by atoms with Crippen LogP contribution >= 0.6 is 0 Å². The van der Waals surface area contributed by atoms with Crippen molar-refractivity contribution in [2.45, 2.75) is 51.5 Å². The summed E-state index contributed by atoms with van der Waals surface area (Å²) in [5, 5.41) is 3.10. The molecule has 0 aromatic heterocycles. The molecule has 3 heteroatoms. The molecule has 0 aromatic rings. The third-order valence-corrected chi connectivity index (χ3v) is 3.07. The zero-order chi connectivity index (χ0) is 10.4. The van der Waals surface area contributed by atoms with Crippen molar-refractivity contribution >= 4 is 5.91 Å². The molecule has 0 saturated heterocycles. The summed E-state index contributed by atoms with van der Waals surface area (Å²) in [6.07, 6.45) is 6.24. The highest BCUT2D eigenvalue weighted by atomic mass is 16.1. The fourth-order valence-corrected chi connectivity index (χ4v) is 2.13. The second kappa shape index (κ2) is 6.02. The first-order chi connectivity index (χ1) is 6.77. The van der Waals surface area contributed by atoms with Gasteiger partial charge in [-0.2, -0.15) is 0 Å². The molecule has 0 heterocycles. The van der Waals surface area contributed by atoms with E-state index in [0.717, 1.165) is 19.3 Å². The number of nitrogens with two attached hydrogens (primary N) is 1. The van der Waals surface area contributed by atoms with Gasteiger partial charge in [0, 0.05) is 12.5 Å². The first-order valence-corrected chi connectivity index (χ1v) is 5.77. The van der Waals surface area contributed by atoms with Crippen LogP contribution < -0.4 is 11.1 Å². The molecule has 14 heavy (non-hydrogen) atoms. The molecule has 1 fully saturated rings. The Morgan fingerprint density at radius 2 is 2.29 bits per heavy atom. The molecule has 2 atom stereocenters. The molecule has 1 amide bonds. The second-order valence-corrected chi connectivity index (χ2v) is 4.20. The van der Waals surface area contributed by atoms with Gasteiger partial charge in [0.15, 0.2) is 0 Å². The molecular weight excluding hydrogens is 176 g/mol. The lowest BCUT2D eigenvalue weighted by Crippen LogP contribution is -2.39. The third kappa shape index (κ3) is 3.29. The Kier molecular flexibility index (Phi) is 4.94. The smallest absolute Gasteiger partial charge is 0.220 e. The molecule has 1 aliphatic carbocycles. The van der Waals surface area contributed by atoms with Crippen molar-refractivity contribution in [3.05, 3.63) is 0 Å². The summed E-state index contributed by atoms with van der Waals surface area (Å²) in [5.74, 6) is 0.720. The maximum atomic E-state index is 11.5. The van der Waals surface area contributed by atoms with Crippen LogP contribution in [0.1, 0.15) is 45.4 Å². The van der Waals surface area contributed by atoms with E-state index < -0.39 is 0 Å². The predicted octanol–water partition coefficient (Wildman–Crippen LogP) is 1.42. The quantitative estimate of drug-likeness (QED) is 0.702. The number of carbonyl (C=O) groups excluding carboxylic acids is 1. The first-order valence-electron chi connectivity index (χ1n) is 5.77. The van der Waals surface area contributed by atoms with Gasteiger partial charge in [-0.1, -0.05) is 19.8 Å². The van der Waals surface area contributed by atoms with E-state index in [1.54, 1.807) is 0 Å². The minimum absolute atomic E-state index is 0.206. The van der Waals surface area contributed by atoms with E-state index in [4.69, 9.17) is 5.73 Å². The summed E-state index contributed by atoms with van der Waals surface area (Å²) >= 11 is 0. The minimum atomic E-state index is 0.206. The van der Waals surface area contributed by atoms with E-state index in [-0.39, 0.29) is 5.91 Å². The van der Waals surface area contributed by atoms with Gasteiger partial charge in [-0.3, -0.25) is 4.79 Å². The summed E-state index contributed by atoms with van der Waals surface area (Å²) in [6.45, 7) is 2.81. The predicted molar refractivity (Wildman–Crippen MR) is 57.9 cm³/mol. The third-order valence-electron chi connectivity index (χ3n) is 3.07. The van der Waals surface area contributed by atoms with Gasteiger partial charge in [0.25, 0.3) is 0 Å². The van der Waals surface area contributed by atoms with Crippen LogP contribution in [-0.4, -0.2) is 18.5 Å². The molecule has 1 aliphatic rings. The maximum absolute atomic E-state index is 11.5. The molecule has 3 nitrogen and oxygen atoms in total. The van der Waals surface area contributed by atoms with Gasteiger partial charge in [0.05, 0.1) is 0 Å². The van der Waals surface area contributed by atoms with Gasteiger partial charge >= 0.3 is 0 Å². The summed E-state index contributed by atoms with van der Waals surface area (Å²) in [4.78, 5) is 11.5. The molecule has 0 bridgehead atoms. The average Bonchev–Trinajstić information content (AvgIpc) is 2.62. The highest BCUT2D eigenvalue weighted by molar-refractivity contribution is 5.76. The average molecular weight is 198 g/mol. The number of hydrogen-bond acceptors (Lipinski definition) is 2. The van der Waals surface area contributed by atoms with E-state index in [0.29, 0.717) is 24.9 Å². The number of unbranched alkanes of at least 4 members (excludes halogenated alkanes) is 1. The molecule has 3 N–H and O–H groups in total. The lowest BCUT2D eigenvalue weighted by atomic mass is 10.0. The van der Waals surface area contributed by atoms with Crippen molar-refractivity contribution < 1.29 is 4.79 Å². The Morgan fingerprint density at radius 3 is 2.93 bits per heavy atom.